The molecule has 0 spiro atoms. The largest absolute Gasteiger partial charge is 0.318 e. The van der Waals surface area contributed by atoms with Gasteiger partial charge in [0.05, 0.1) is 5.03 Å². The lowest BCUT2D eigenvalue weighted by Gasteiger charge is -2.43. The highest BCUT2D eigenvalue weighted by atomic mass is 36.2. The molecule has 0 radical (unpaired) electrons. The van der Waals surface area contributed by atoms with E-state index in [1.807, 2.05) is 0 Å². The second-order valence-corrected chi connectivity index (χ2v) is 12.9. The first-order valence-electron chi connectivity index (χ1n) is 2.49. The number of halogens is 5. The van der Waals surface area contributed by atoms with Crippen LogP contribution in [0.15, 0.2) is 21.7 Å². The van der Waals surface area contributed by atoms with E-state index in [0.717, 1.165) is 0 Å². The summed E-state index contributed by atoms with van der Waals surface area (Å²) in [6, 6.07) is 0. The van der Waals surface area contributed by atoms with Crippen molar-refractivity contribution in [1.82, 2.24) is 4.72 Å². The number of allylic oxidation sites excluding steroid dienone is 2. The third-order valence-electron chi connectivity index (χ3n) is 0.964. The summed E-state index contributed by atoms with van der Waals surface area (Å²) in [5.74, 6) is 0. The molecule has 0 aromatic rings. The zero-order chi connectivity index (χ0) is 8.72. The fourth-order valence-electron chi connectivity index (χ4n) is 0.519. The molecule has 0 saturated heterocycles. The van der Waals surface area contributed by atoms with E-state index in [0.29, 0.717) is 5.03 Å². The van der Waals surface area contributed by atoms with Crippen molar-refractivity contribution in [1.29, 1.82) is 0 Å². The molecule has 0 atom stereocenters. The molecule has 1 rings (SSSR count). The summed E-state index contributed by atoms with van der Waals surface area (Å²) >= 11 is 11.2. The maximum absolute atomic E-state index is 5.77. The molecule has 1 aliphatic rings. The summed E-state index contributed by atoms with van der Waals surface area (Å²) in [5.41, 5.74) is 0. The Balaban J connectivity index is 3.01. The van der Waals surface area contributed by atoms with E-state index in [-0.39, 0.29) is 5.16 Å². The van der Waals surface area contributed by atoms with E-state index in [1.165, 1.54) is 11.5 Å². The quantitative estimate of drug-likeness (QED) is 0.499. The predicted octanol–water partition coefficient (Wildman–Crippen LogP) is 4.20. The van der Waals surface area contributed by atoms with E-state index in [9.17, 15) is 0 Å². The first kappa shape index (κ1) is 10.2. The van der Waals surface area contributed by atoms with Crippen LogP contribution in [0.25, 0.3) is 0 Å². The van der Waals surface area contributed by atoms with Crippen molar-refractivity contribution < 1.29 is 0 Å². The third-order valence-corrected chi connectivity index (χ3v) is 4.82. The van der Waals surface area contributed by atoms with Crippen LogP contribution in [-0.2, 0) is 0 Å². The minimum Gasteiger partial charge on any atom is -0.318 e. The van der Waals surface area contributed by atoms with Crippen molar-refractivity contribution in [2.75, 3.05) is 0 Å². The lowest BCUT2D eigenvalue weighted by molar-refractivity contribution is 1.34. The van der Waals surface area contributed by atoms with Crippen molar-refractivity contribution >= 4 is 62.2 Å². The van der Waals surface area contributed by atoms with Crippen LogP contribution in [0.3, 0.4) is 0 Å². The van der Waals surface area contributed by atoms with Crippen molar-refractivity contribution in [3.8, 4) is 0 Å². The minimum atomic E-state index is -3.44. The van der Waals surface area contributed by atoms with E-state index in [2.05, 4.69) is 4.72 Å². The van der Waals surface area contributed by atoms with Crippen molar-refractivity contribution in [3.63, 3.8) is 0 Å². The summed E-state index contributed by atoms with van der Waals surface area (Å²) in [6.07, 6.45) is 1.48. The molecule has 0 unspecified atom stereocenters. The average Bonchev–Trinajstić information content (AvgIpc) is 1.78. The molecule has 0 aliphatic carbocycles. The lowest BCUT2D eigenvalue weighted by Crippen LogP contribution is -2.17. The van der Waals surface area contributed by atoms with E-state index >= 15 is 0 Å². The Morgan fingerprint density at radius 3 is 2.09 bits per heavy atom. The van der Waals surface area contributed by atoms with Crippen LogP contribution in [0.5, 0.6) is 0 Å². The molecule has 0 saturated carbocycles. The van der Waals surface area contributed by atoms with Gasteiger partial charge in [-0.25, -0.2) is 0 Å². The topological polar surface area (TPSA) is 12.0 Å². The summed E-state index contributed by atoms with van der Waals surface area (Å²) in [5, 5.41) is 1.94. The molecule has 0 aromatic carbocycles. The number of thiol groups is 1. The van der Waals surface area contributed by atoms with Crippen LogP contribution in [0.2, 0.25) is 0 Å². The monoisotopic (exact) mass is 273 g/mol. The van der Waals surface area contributed by atoms with Gasteiger partial charge in [-0.15, -0.1) is 0 Å². The Kier molecular flexibility index (Phi) is 2.58. The predicted molar refractivity (Wildman–Crippen MR) is 57.6 cm³/mol. The van der Waals surface area contributed by atoms with Crippen LogP contribution in [0.1, 0.15) is 0 Å². The maximum Gasteiger partial charge on any atom is 0.131 e. The molecule has 0 bridgehead atoms. The van der Waals surface area contributed by atoms with Crippen LogP contribution < -0.4 is 4.72 Å². The smallest absolute Gasteiger partial charge is 0.131 e. The summed E-state index contributed by atoms with van der Waals surface area (Å²) in [4.78, 5) is 0. The highest BCUT2D eigenvalue weighted by Crippen LogP contribution is 2.82. The van der Waals surface area contributed by atoms with Gasteiger partial charge in [-0.3, -0.25) is 0 Å². The molecule has 7 heteroatoms. The second-order valence-electron chi connectivity index (χ2n) is 1.96. The maximum atomic E-state index is 5.77. The lowest BCUT2D eigenvalue weighted by atomic mass is 10.6. The van der Waals surface area contributed by atoms with Crippen LogP contribution >= 0.6 is 62.2 Å². The van der Waals surface area contributed by atoms with E-state index in [4.69, 9.17) is 55.2 Å². The number of hydrogen-bond donors (Lipinski definition) is 2. The number of rotatable bonds is 0. The fourth-order valence-corrected chi connectivity index (χ4v) is 3.95. The summed E-state index contributed by atoms with van der Waals surface area (Å²) in [7, 11) is 17.3. The first-order valence-corrected chi connectivity index (χ1v) is 8.27. The minimum absolute atomic E-state index is 0.173. The Hall–Kier alpha value is 1.08. The second kappa shape index (κ2) is 2.79. The Morgan fingerprint density at radius 2 is 1.73 bits per heavy atom. The van der Waals surface area contributed by atoms with Gasteiger partial charge in [0.15, 0.2) is 0 Å². The molecule has 66 valence electrons. The van der Waals surface area contributed by atoms with Crippen LogP contribution in [0.4, 0.5) is 0 Å². The molecule has 0 amide bonds. The highest BCUT2D eigenvalue weighted by Gasteiger charge is 2.32. The molecule has 1 nitrogen and oxygen atoms in total. The molecular formula is C4H4Cl5NS. The van der Waals surface area contributed by atoms with Gasteiger partial charge in [-0.2, -0.15) is 0 Å². The zero-order valence-electron chi connectivity index (χ0n) is 4.99. The van der Waals surface area contributed by atoms with Gasteiger partial charge in [0.1, 0.15) is 5.16 Å². The molecule has 11 heavy (non-hydrogen) atoms. The third kappa shape index (κ3) is 2.79. The van der Waals surface area contributed by atoms with Gasteiger partial charge in [0, 0.05) is 0 Å². The molecule has 0 aromatic heterocycles. The Bertz CT molecular complexity index is 249. The van der Waals surface area contributed by atoms with Crippen molar-refractivity contribution in [3.05, 3.63) is 21.7 Å². The Labute approximate surface area is 88.2 Å². The van der Waals surface area contributed by atoms with Crippen molar-refractivity contribution in [2.24, 2.45) is 0 Å². The molecule has 1 N–H and O–H groups in total. The first-order chi connectivity index (χ1) is 4.78. The van der Waals surface area contributed by atoms with Crippen LogP contribution in [-0.4, -0.2) is 0 Å². The fraction of sp³-hybridized carbons (Fsp3) is 0. The van der Waals surface area contributed by atoms with Gasteiger partial charge in [-0.1, -0.05) is 23.2 Å². The van der Waals surface area contributed by atoms with Gasteiger partial charge in [-0.05, 0) is 50.5 Å². The van der Waals surface area contributed by atoms with Crippen LogP contribution in [0, 0.1) is 0 Å². The molecule has 0 fully saturated rings. The van der Waals surface area contributed by atoms with Gasteiger partial charge in [0.25, 0.3) is 0 Å². The normalized spacial score (nSPS) is 30.5. The van der Waals surface area contributed by atoms with E-state index < -0.39 is 6.99 Å². The SMILES string of the molecule is ClC1=C(Cl)N[SH](Cl)(Cl)(Cl)C=C1. The zero-order valence-corrected chi connectivity index (χ0v) is 9.67. The average molecular weight is 275 g/mol. The highest BCUT2D eigenvalue weighted by molar-refractivity contribution is 8.91. The molecular weight excluding hydrogens is 271 g/mol. The summed E-state index contributed by atoms with van der Waals surface area (Å²) in [6.45, 7) is -3.44. The number of nitrogens with one attached hydrogen (secondary N) is 1. The molecule has 1 heterocycles. The van der Waals surface area contributed by atoms with E-state index in [1.54, 1.807) is 0 Å². The van der Waals surface area contributed by atoms with Gasteiger partial charge >= 0.3 is 0 Å². The molecule has 1 aliphatic heterocycles. The van der Waals surface area contributed by atoms with Gasteiger partial charge in [0.2, 0.25) is 0 Å². The van der Waals surface area contributed by atoms with Crippen molar-refractivity contribution in [2.45, 2.75) is 0 Å². The van der Waals surface area contributed by atoms with Gasteiger partial charge < -0.3 is 4.72 Å². The number of hydrogen-bond acceptors (Lipinski definition) is 1. The summed E-state index contributed by atoms with van der Waals surface area (Å²) < 4.78 is 2.53. The standard InChI is InChI=1S/C4H4Cl5NS/c5-3-1-2-11(7,8,9)10-4(3)6/h1-2,10-11H. The Morgan fingerprint density at radius 1 is 1.18 bits per heavy atom.